The molecule has 0 unspecified atom stereocenters. The quantitative estimate of drug-likeness (QED) is 0.590. The van der Waals surface area contributed by atoms with Crippen molar-refractivity contribution in [3.05, 3.63) is 0 Å². The average molecular weight is 165 g/mol. The van der Waals surface area contributed by atoms with Crippen molar-refractivity contribution >= 4 is 10.0 Å². The first-order valence-corrected chi connectivity index (χ1v) is 4.71. The minimum Gasteiger partial charge on any atom is -0.380 e. The summed E-state index contributed by atoms with van der Waals surface area (Å²) in [6.07, 6.45) is 0.614. The van der Waals surface area contributed by atoms with Gasteiger partial charge in [-0.2, -0.15) is 0 Å². The van der Waals surface area contributed by atoms with Crippen molar-refractivity contribution in [1.29, 1.82) is 0 Å². The average Bonchev–Trinajstić information content (AvgIpc) is 2.38. The van der Waals surface area contributed by atoms with Crippen LogP contribution in [0.15, 0.2) is 0 Å². The summed E-state index contributed by atoms with van der Waals surface area (Å²) in [5, 5.41) is -0.336. The van der Waals surface area contributed by atoms with E-state index in [1.165, 1.54) is 7.05 Å². The molecule has 0 saturated carbocycles. The summed E-state index contributed by atoms with van der Waals surface area (Å²) in [4.78, 5) is 0. The third-order valence-electron chi connectivity index (χ3n) is 1.61. The van der Waals surface area contributed by atoms with Crippen molar-refractivity contribution in [2.24, 2.45) is 0 Å². The zero-order valence-corrected chi connectivity index (χ0v) is 6.65. The summed E-state index contributed by atoms with van der Waals surface area (Å²) in [5.74, 6) is 0. The molecule has 0 aromatic rings. The van der Waals surface area contributed by atoms with Gasteiger partial charge in [0, 0.05) is 6.61 Å². The second kappa shape index (κ2) is 2.86. The Labute approximate surface area is 60.6 Å². The summed E-state index contributed by atoms with van der Waals surface area (Å²) in [6, 6.07) is 0. The van der Waals surface area contributed by atoms with E-state index in [-0.39, 0.29) is 5.25 Å². The molecule has 0 aromatic carbocycles. The molecule has 1 fully saturated rings. The van der Waals surface area contributed by atoms with Crippen LogP contribution in [0, 0.1) is 0 Å². The maximum Gasteiger partial charge on any atom is 0.216 e. The minimum atomic E-state index is -3.07. The van der Waals surface area contributed by atoms with E-state index in [2.05, 4.69) is 4.72 Å². The lowest BCUT2D eigenvalue weighted by Gasteiger charge is -2.06. The standard InChI is InChI=1S/C5H11NO3S/c1-6-10(7,8)5-2-3-9-4-5/h5-6H,2-4H2,1H3/t5-/m1/s1. The number of rotatable bonds is 2. The van der Waals surface area contributed by atoms with Crippen LogP contribution in [0.25, 0.3) is 0 Å². The van der Waals surface area contributed by atoms with Gasteiger partial charge in [0.1, 0.15) is 5.25 Å². The highest BCUT2D eigenvalue weighted by atomic mass is 32.2. The summed E-state index contributed by atoms with van der Waals surface area (Å²) in [6.45, 7) is 0.898. The Bertz CT molecular complexity index is 193. The van der Waals surface area contributed by atoms with Gasteiger partial charge in [0.15, 0.2) is 0 Å². The van der Waals surface area contributed by atoms with Gasteiger partial charge >= 0.3 is 0 Å². The van der Waals surface area contributed by atoms with Crippen molar-refractivity contribution in [2.75, 3.05) is 20.3 Å². The minimum absolute atomic E-state index is 0.336. The zero-order chi connectivity index (χ0) is 7.61. The second-order valence-electron chi connectivity index (χ2n) is 2.23. The third-order valence-corrected chi connectivity index (χ3v) is 3.43. The smallest absolute Gasteiger partial charge is 0.216 e. The Morgan fingerprint density at radius 2 is 2.30 bits per heavy atom. The molecule has 0 radical (unpaired) electrons. The SMILES string of the molecule is CNS(=O)(=O)[C@@H]1CCOC1. The molecule has 1 N–H and O–H groups in total. The molecular weight excluding hydrogens is 154 g/mol. The van der Waals surface area contributed by atoms with E-state index in [1.54, 1.807) is 0 Å². The third kappa shape index (κ3) is 1.47. The highest BCUT2D eigenvalue weighted by Gasteiger charge is 2.27. The Balaban J connectivity index is 2.63. The van der Waals surface area contributed by atoms with Crippen LogP contribution in [-0.2, 0) is 14.8 Å². The molecule has 10 heavy (non-hydrogen) atoms. The molecule has 1 saturated heterocycles. The van der Waals surface area contributed by atoms with Crippen LogP contribution in [-0.4, -0.2) is 33.9 Å². The molecule has 5 heteroatoms. The molecule has 0 aliphatic carbocycles. The highest BCUT2D eigenvalue weighted by Crippen LogP contribution is 2.11. The highest BCUT2D eigenvalue weighted by molar-refractivity contribution is 7.90. The van der Waals surface area contributed by atoms with Crippen molar-refractivity contribution < 1.29 is 13.2 Å². The van der Waals surface area contributed by atoms with Gasteiger partial charge in [0.25, 0.3) is 0 Å². The molecule has 1 aliphatic heterocycles. The molecule has 0 bridgehead atoms. The Morgan fingerprint density at radius 3 is 2.70 bits per heavy atom. The fraction of sp³-hybridized carbons (Fsp3) is 1.00. The van der Waals surface area contributed by atoms with Crippen LogP contribution in [0.4, 0.5) is 0 Å². The summed E-state index contributed by atoms with van der Waals surface area (Å²) in [5.41, 5.74) is 0. The predicted octanol–water partition coefficient (Wildman–Crippen LogP) is -0.675. The molecule has 1 atom stereocenters. The molecule has 1 heterocycles. The molecule has 1 rings (SSSR count). The van der Waals surface area contributed by atoms with E-state index in [0.29, 0.717) is 19.6 Å². The van der Waals surface area contributed by atoms with Gasteiger partial charge in [-0.05, 0) is 13.5 Å². The molecule has 0 amide bonds. The summed E-state index contributed by atoms with van der Waals surface area (Å²) < 4.78 is 29.2. The van der Waals surface area contributed by atoms with Crippen LogP contribution >= 0.6 is 0 Å². The van der Waals surface area contributed by atoms with E-state index in [4.69, 9.17) is 4.74 Å². The van der Waals surface area contributed by atoms with Gasteiger partial charge in [-0.3, -0.25) is 0 Å². The molecule has 4 nitrogen and oxygen atoms in total. The largest absolute Gasteiger partial charge is 0.380 e. The van der Waals surface area contributed by atoms with E-state index in [1.807, 2.05) is 0 Å². The zero-order valence-electron chi connectivity index (χ0n) is 5.83. The van der Waals surface area contributed by atoms with E-state index in [9.17, 15) is 8.42 Å². The van der Waals surface area contributed by atoms with E-state index in [0.717, 1.165) is 0 Å². The fourth-order valence-electron chi connectivity index (χ4n) is 0.924. The molecule has 0 spiro atoms. The Kier molecular flexibility index (Phi) is 2.28. The number of hydrogen-bond donors (Lipinski definition) is 1. The normalized spacial score (nSPS) is 27.1. The molecule has 1 aliphatic rings. The second-order valence-corrected chi connectivity index (χ2v) is 4.40. The summed E-state index contributed by atoms with van der Waals surface area (Å²) in [7, 11) is -1.65. The Hall–Kier alpha value is -0.130. The van der Waals surface area contributed by atoms with Gasteiger partial charge in [-0.25, -0.2) is 13.1 Å². The van der Waals surface area contributed by atoms with Gasteiger partial charge in [0.05, 0.1) is 6.61 Å². The molecule has 0 aromatic heterocycles. The van der Waals surface area contributed by atoms with Crippen LogP contribution in [0.5, 0.6) is 0 Å². The van der Waals surface area contributed by atoms with Crippen LogP contribution < -0.4 is 4.72 Å². The maximum absolute atomic E-state index is 11.0. The lowest BCUT2D eigenvalue weighted by molar-refractivity contribution is 0.198. The van der Waals surface area contributed by atoms with Crippen molar-refractivity contribution in [2.45, 2.75) is 11.7 Å². The number of nitrogens with one attached hydrogen (secondary N) is 1. The van der Waals surface area contributed by atoms with Gasteiger partial charge in [-0.1, -0.05) is 0 Å². The molecular formula is C5H11NO3S. The van der Waals surface area contributed by atoms with Gasteiger partial charge in [0.2, 0.25) is 10.0 Å². The van der Waals surface area contributed by atoms with Crippen LogP contribution in [0.1, 0.15) is 6.42 Å². The van der Waals surface area contributed by atoms with Crippen molar-refractivity contribution in [1.82, 2.24) is 4.72 Å². The monoisotopic (exact) mass is 165 g/mol. The first kappa shape index (κ1) is 7.97. The number of ether oxygens (including phenoxy) is 1. The first-order valence-electron chi connectivity index (χ1n) is 3.17. The first-order chi connectivity index (χ1) is 4.67. The topological polar surface area (TPSA) is 55.4 Å². The predicted molar refractivity (Wildman–Crippen MR) is 37.2 cm³/mol. The van der Waals surface area contributed by atoms with Gasteiger partial charge < -0.3 is 4.74 Å². The lowest BCUT2D eigenvalue weighted by Crippen LogP contribution is -2.31. The fourth-order valence-corrected chi connectivity index (χ4v) is 1.94. The van der Waals surface area contributed by atoms with Crippen LogP contribution in [0.3, 0.4) is 0 Å². The van der Waals surface area contributed by atoms with E-state index < -0.39 is 10.0 Å². The van der Waals surface area contributed by atoms with Gasteiger partial charge in [-0.15, -0.1) is 0 Å². The van der Waals surface area contributed by atoms with Crippen LogP contribution in [0.2, 0.25) is 0 Å². The Morgan fingerprint density at radius 1 is 1.60 bits per heavy atom. The molecule has 60 valence electrons. The van der Waals surface area contributed by atoms with E-state index >= 15 is 0 Å². The number of hydrogen-bond acceptors (Lipinski definition) is 3. The van der Waals surface area contributed by atoms with Crippen molar-refractivity contribution in [3.8, 4) is 0 Å². The maximum atomic E-state index is 11.0. The number of sulfonamides is 1. The lowest BCUT2D eigenvalue weighted by atomic mass is 10.4. The summed E-state index contributed by atoms with van der Waals surface area (Å²) >= 11 is 0. The van der Waals surface area contributed by atoms with Crippen molar-refractivity contribution in [3.63, 3.8) is 0 Å².